The number of amides is 2. The second-order valence-electron chi connectivity index (χ2n) is 5.62. The van der Waals surface area contributed by atoms with E-state index in [1.165, 1.54) is 17.3 Å². The molecule has 7 nitrogen and oxygen atoms in total. The van der Waals surface area contributed by atoms with Crippen LogP contribution in [0.15, 0.2) is 18.5 Å². The van der Waals surface area contributed by atoms with E-state index in [-0.39, 0.29) is 18.4 Å². The molecule has 0 atom stereocenters. The molecule has 2 amide bonds. The maximum absolute atomic E-state index is 12.8. The molecule has 0 spiro atoms. The van der Waals surface area contributed by atoms with Crippen LogP contribution in [0.5, 0.6) is 0 Å². The molecule has 2 aromatic heterocycles. The minimum Gasteiger partial charge on any atom is -0.338 e. The third-order valence-corrected chi connectivity index (χ3v) is 3.61. The molecule has 0 aliphatic carbocycles. The first-order valence-electron chi connectivity index (χ1n) is 7.68. The van der Waals surface area contributed by atoms with E-state index in [2.05, 4.69) is 15.4 Å². The minimum absolute atomic E-state index is 0.0145. The molecule has 1 N–H and O–H groups in total. The number of hydrogen-bond acceptors (Lipinski definition) is 3. The number of imidazole rings is 1. The highest BCUT2D eigenvalue weighted by Crippen LogP contribution is 2.13. The Bertz CT molecular complexity index is 681. The molecule has 0 aliphatic rings. The van der Waals surface area contributed by atoms with Crippen molar-refractivity contribution in [3.63, 3.8) is 0 Å². The summed E-state index contributed by atoms with van der Waals surface area (Å²) in [6.45, 7) is 2.45. The predicted molar refractivity (Wildman–Crippen MR) is 84.7 cm³/mol. The smallest absolute Gasteiger partial charge is 0.319 e. The van der Waals surface area contributed by atoms with Gasteiger partial charge in [-0.2, -0.15) is 13.9 Å². The summed E-state index contributed by atoms with van der Waals surface area (Å²) in [5, 5.41) is 7.11. The number of halogens is 2. The van der Waals surface area contributed by atoms with Crippen LogP contribution >= 0.6 is 0 Å². The fraction of sp³-hybridized carbons (Fsp3) is 0.533. The molecule has 2 heterocycles. The van der Waals surface area contributed by atoms with E-state index in [0.717, 1.165) is 22.4 Å². The maximum Gasteiger partial charge on any atom is 0.319 e. The van der Waals surface area contributed by atoms with Crippen molar-refractivity contribution in [1.82, 2.24) is 29.5 Å². The maximum atomic E-state index is 12.8. The minimum atomic E-state index is -2.67. The van der Waals surface area contributed by atoms with Crippen LogP contribution in [0.4, 0.5) is 13.6 Å². The van der Waals surface area contributed by atoms with E-state index in [9.17, 15) is 13.6 Å². The van der Waals surface area contributed by atoms with Crippen LogP contribution < -0.4 is 5.32 Å². The lowest BCUT2D eigenvalue weighted by atomic mass is 10.4. The summed E-state index contributed by atoms with van der Waals surface area (Å²) in [4.78, 5) is 17.2. The molecule has 2 rings (SSSR count). The normalized spacial score (nSPS) is 11.1. The molecular weight excluding hydrogens is 318 g/mol. The molecule has 0 radical (unpaired) electrons. The van der Waals surface area contributed by atoms with Gasteiger partial charge in [-0.1, -0.05) is 0 Å². The fourth-order valence-electron chi connectivity index (χ4n) is 2.39. The van der Waals surface area contributed by atoms with Crippen LogP contribution in [0.3, 0.4) is 0 Å². The van der Waals surface area contributed by atoms with E-state index >= 15 is 0 Å². The fourth-order valence-corrected chi connectivity index (χ4v) is 2.39. The highest BCUT2D eigenvalue weighted by Gasteiger charge is 2.15. The van der Waals surface area contributed by atoms with Gasteiger partial charge in [0.2, 0.25) is 0 Å². The number of aromatic nitrogens is 4. The SMILES string of the molecule is Cc1cc(C)n(CCCNC(=O)N(C)Cc2nccn2C(F)F)n1. The largest absolute Gasteiger partial charge is 0.338 e. The van der Waals surface area contributed by atoms with E-state index in [1.54, 1.807) is 7.05 Å². The number of alkyl halides is 2. The molecule has 0 unspecified atom stereocenters. The number of hydrogen-bond donors (Lipinski definition) is 1. The lowest BCUT2D eigenvalue weighted by Crippen LogP contribution is -2.38. The van der Waals surface area contributed by atoms with Gasteiger partial charge in [-0.25, -0.2) is 9.78 Å². The van der Waals surface area contributed by atoms with Gasteiger partial charge in [0.15, 0.2) is 0 Å². The molecule has 0 fully saturated rings. The van der Waals surface area contributed by atoms with Gasteiger partial charge in [0.25, 0.3) is 0 Å². The van der Waals surface area contributed by atoms with Gasteiger partial charge in [0.1, 0.15) is 5.82 Å². The number of carbonyl (C=O) groups is 1. The van der Waals surface area contributed by atoms with Crippen molar-refractivity contribution in [2.45, 2.75) is 39.9 Å². The summed E-state index contributed by atoms with van der Waals surface area (Å²) in [5.74, 6) is 0.144. The first-order valence-corrected chi connectivity index (χ1v) is 7.68. The van der Waals surface area contributed by atoms with Crippen LogP contribution in [-0.4, -0.2) is 43.9 Å². The molecule has 9 heteroatoms. The molecular formula is C15H22F2N6O. The summed E-state index contributed by atoms with van der Waals surface area (Å²) in [6, 6.07) is 1.67. The van der Waals surface area contributed by atoms with E-state index in [1.807, 2.05) is 24.6 Å². The zero-order valence-electron chi connectivity index (χ0n) is 14.0. The third-order valence-electron chi connectivity index (χ3n) is 3.61. The number of aryl methyl sites for hydroxylation is 3. The van der Waals surface area contributed by atoms with Crippen LogP contribution in [0, 0.1) is 13.8 Å². The van der Waals surface area contributed by atoms with Crippen LogP contribution in [0.1, 0.15) is 30.2 Å². The van der Waals surface area contributed by atoms with Crippen molar-refractivity contribution < 1.29 is 13.6 Å². The molecule has 24 heavy (non-hydrogen) atoms. The van der Waals surface area contributed by atoms with Gasteiger partial charge in [0, 0.05) is 38.2 Å². The second kappa shape index (κ2) is 7.89. The quantitative estimate of drug-likeness (QED) is 0.787. The summed E-state index contributed by atoms with van der Waals surface area (Å²) in [5.41, 5.74) is 2.04. The lowest BCUT2D eigenvalue weighted by Gasteiger charge is -2.18. The lowest BCUT2D eigenvalue weighted by molar-refractivity contribution is 0.0651. The van der Waals surface area contributed by atoms with Crippen LogP contribution in [0.2, 0.25) is 0 Å². The first-order chi connectivity index (χ1) is 11.4. The van der Waals surface area contributed by atoms with Gasteiger partial charge in [-0.05, 0) is 26.3 Å². The summed E-state index contributed by atoms with van der Waals surface area (Å²) in [6.07, 6.45) is 3.22. The zero-order chi connectivity index (χ0) is 17.7. The Morgan fingerprint density at radius 1 is 1.42 bits per heavy atom. The predicted octanol–water partition coefficient (Wildman–Crippen LogP) is 2.32. The Morgan fingerprint density at radius 3 is 2.79 bits per heavy atom. The Kier molecular flexibility index (Phi) is 5.88. The molecule has 132 valence electrons. The monoisotopic (exact) mass is 340 g/mol. The Balaban J connectivity index is 1.75. The van der Waals surface area contributed by atoms with Crippen molar-refractivity contribution in [3.05, 3.63) is 35.7 Å². The molecule has 0 aliphatic heterocycles. The Morgan fingerprint density at radius 2 is 2.17 bits per heavy atom. The van der Waals surface area contributed by atoms with Crippen molar-refractivity contribution >= 4 is 6.03 Å². The van der Waals surface area contributed by atoms with E-state index < -0.39 is 6.55 Å². The van der Waals surface area contributed by atoms with Crippen molar-refractivity contribution in [2.24, 2.45) is 0 Å². The third kappa shape index (κ3) is 4.53. The van der Waals surface area contributed by atoms with Gasteiger partial charge in [0.05, 0.1) is 12.2 Å². The van der Waals surface area contributed by atoms with Gasteiger partial charge in [-0.3, -0.25) is 9.25 Å². The van der Waals surface area contributed by atoms with E-state index in [4.69, 9.17) is 0 Å². The van der Waals surface area contributed by atoms with Gasteiger partial charge >= 0.3 is 12.6 Å². The molecule has 2 aromatic rings. The highest BCUT2D eigenvalue weighted by atomic mass is 19.3. The summed E-state index contributed by atoms with van der Waals surface area (Å²) in [7, 11) is 1.54. The van der Waals surface area contributed by atoms with Crippen LogP contribution in [0.25, 0.3) is 0 Å². The Labute approximate surface area is 139 Å². The number of nitrogens with zero attached hydrogens (tertiary/aromatic N) is 5. The zero-order valence-corrected chi connectivity index (χ0v) is 14.0. The molecule has 0 saturated carbocycles. The number of urea groups is 1. The van der Waals surface area contributed by atoms with Gasteiger partial charge < -0.3 is 10.2 Å². The first kappa shape index (κ1) is 17.9. The molecule has 0 saturated heterocycles. The van der Waals surface area contributed by atoms with Crippen molar-refractivity contribution in [3.8, 4) is 0 Å². The number of nitrogens with one attached hydrogen (secondary N) is 1. The van der Waals surface area contributed by atoms with E-state index in [0.29, 0.717) is 13.1 Å². The standard InChI is InChI=1S/C15H22F2N6O/c1-11-9-12(2)23(20-11)7-4-5-19-15(24)21(3)10-13-18-6-8-22(13)14(16)17/h6,8-9,14H,4-5,7,10H2,1-3H3,(H,19,24). The molecule has 0 bridgehead atoms. The summed E-state index contributed by atoms with van der Waals surface area (Å²) >= 11 is 0. The average Bonchev–Trinajstić information content (AvgIpc) is 3.09. The van der Waals surface area contributed by atoms with Gasteiger partial charge in [-0.15, -0.1) is 0 Å². The highest BCUT2D eigenvalue weighted by molar-refractivity contribution is 5.73. The van der Waals surface area contributed by atoms with Crippen molar-refractivity contribution in [2.75, 3.05) is 13.6 Å². The second-order valence-corrected chi connectivity index (χ2v) is 5.62. The average molecular weight is 340 g/mol. The Hall–Kier alpha value is -2.45. The van der Waals surface area contributed by atoms with Crippen molar-refractivity contribution in [1.29, 1.82) is 0 Å². The summed E-state index contributed by atoms with van der Waals surface area (Å²) < 4.78 is 28.1. The topological polar surface area (TPSA) is 68.0 Å². The molecule has 0 aromatic carbocycles. The number of rotatable bonds is 7. The van der Waals surface area contributed by atoms with Crippen LogP contribution in [-0.2, 0) is 13.1 Å². The number of carbonyl (C=O) groups excluding carboxylic acids is 1.